The van der Waals surface area contributed by atoms with Gasteiger partial charge in [-0.2, -0.15) is 0 Å². The van der Waals surface area contributed by atoms with Gasteiger partial charge in [0.2, 0.25) is 0 Å². The van der Waals surface area contributed by atoms with Crippen LogP contribution in [0, 0.1) is 29.4 Å². The molecule has 1 unspecified atom stereocenters. The average Bonchev–Trinajstić information content (AvgIpc) is 2.87. The lowest BCUT2D eigenvalue weighted by atomic mass is 9.68. The van der Waals surface area contributed by atoms with Crippen LogP contribution in [0.2, 0.25) is 0 Å². The van der Waals surface area contributed by atoms with Crippen molar-refractivity contribution in [2.24, 2.45) is 17.8 Å². The van der Waals surface area contributed by atoms with E-state index in [0.29, 0.717) is 12.3 Å². The van der Waals surface area contributed by atoms with Crippen LogP contribution in [0.5, 0.6) is 0 Å². The van der Waals surface area contributed by atoms with Gasteiger partial charge in [0, 0.05) is 5.56 Å². The van der Waals surface area contributed by atoms with Crippen LogP contribution < -0.4 is 0 Å². The predicted molar refractivity (Wildman–Crippen MR) is 139 cm³/mol. The molecule has 1 atom stereocenters. The molecule has 0 radical (unpaired) electrons. The van der Waals surface area contributed by atoms with Crippen LogP contribution in [-0.2, 0) is 6.42 Å². The lowest BCUT2D eigenvalue weighted by Gasteiger charge is -2.38. The van der Waals surface area contributed by atoms with Crippen molar-refractivity contribution in [3.63, 3.8) is 0 Å². The largest absolute Gasteiger partial charge is 0.207 e. The third kappa shape index (κ3) is 6.37. The van der Waals surface area contributed by atoms with Crippen LogP contribution in [0.4, 0.5) is 8.78 Å². The highest BCUT2D eigenvalue weighted by molar-refractivity contribution is 5.31. The minimum Gasteiger partial charge on any atom is -0.207 e. The van der Waals surface area contributed by atoms with E-state index < -0.39 is 0 Å². The number of hydrogen-bond acceptors (Lipinski definition) is 0. The molecule has 0 heterocycles. The molecule has 4 rings (SSSR count). The Morgan fingerprint density at radius 2 is 1.44 bits per heavy atom. The maximum atomic E-state index is 15.0. The Labute approximate surface area is 205 Å². The van der Waals surface area contributed by atoms with Crippen LogP contribution in [0.25, 0.3) is 0 Å². The Kier molecular flexibility index (Phi) is 8.98. The van der Waals surface area contributed by atoms with Crippen molar-refractivity contribution in [3.8, 4) is 0 Å². The Balaban J connectivity index is 1.30. The SMILES string of the molecule is C/C=C/CCC1CCC(C2CCC(c3cc(F)c(CC(C)c4ccccc4)c(F)c3)CC2)CC1. The highest BCUT2D eigenvalue weighted by atomic mass is 19.1. The molecular weight excluding hydrogens is 422 g/mol. The van der Waals surface area contributed by atoms with E-state index >= 15 is 8.78 Å². The third-order valence-corrected chi connectivity index (χ3v) is 8.82. The van der Waals surface area contributed by atoms with Crippen molar-refractivity contribution in [3.05, 3.63) is 82.9 Å². The van der Waals surface area contributed by atoms with Gasteiger partial charge < -0.3 is 0 Å². The minimum atomic E-state index is -0.365. The molecule has 2 aromatic carbocycles. The van der Waals surface area contributed by atoms with Crippen molar-refractivity contribution >= 4 is 0 Å². The topological polar surface area (TPSA) is 0 Å². The van der Waals surface area contributed by atoms with Gasteiger partial charge in [-0.15, -0.1) is 0 Å². The maximum absolute atomic E-state index is 15.0. The number of halogens is 2. The lowest BCUT2D eigenvalue weighted by molar-refractivity contribution is 0.157. The van der Waals surface area contributed by atoms with Gasteiger partial charge in [-0.25, -0.2) is 8.78 Å². The maximum Gasteiger partial charge on any atom is 0.129 e. The van der Waals surface area contributed by atoms with E-state index in [1.165, 1.54) is 51.4 Å². The van der Waals surface area contributed by atoms with Gasteiger partial charge in [0.1, 0.15) is 11.6 Å². The zero-order chi connectivity index (χ0) is 23.9. The Morgan fingerprint density at radius 1 is 0.853 bits per heavy atom. The molecule has 0 amide bonds. The van der Waals surface area contributed by atoms with Gasteiger partial charge in [-0.3, -0.25) is 0 Å². The lowest BCUT2D eigenvalue weighted by Crippen LogP contribution is -2.25. The monoisotopic (exact) mass is 464 g/mol. The molecule has 2 fully saturated rings. The van der Waals surface area contributed by atoms with Crippen LogP contribution in [0.1, 0.15) is 107 Å². The Hall–Kier alpha value is -1.96. The first-order chi connectivity index (χ1) is 16.5. The predicted octanol–water partition coefficient (Wildman–Crippen LogP) is 9.75. The van der Waals surface area contributed by atoms with Gasteiger partial charge in [0.15, 0.2) is 0 Å². The molecule has 2 aliphatic carbocycles. The van der Waals surface area contributed by atoms with Gasteiger partial charge in [-0.1, -0.05) is 62.2 Å². The van der Waals surface area contributed by atoms with Gasteiger partial charge in [-0.05, 0) is 118 Å². The molecule has 2 heteroatoms. The van der Waals surface area contributed by atoms with E-state index in [4.69, 9.17) is 0 Å². The van der Waals surface area contributed by atoms with E-state index in [9.17, 15) is 0 Å². The summed E-state index contributed by atoms with van der Waals surface area (Å²) in [6.45, 7) is 4.15. The first-order valence-electron chi connectivity index (χ1n) is 13.7. The van der Waals surface area contributed by atoms with Crippen molar-refractivity contribution in [2.75, 3.05) is 0 Å². The molecule has 0 spiro atoms. The molecule has 184 valence electrons. The fraction of sp³-hybridized carbons (Fsp3) is 0.562. The number of rotatable bonds is 8. The van der Waals surface area contributed by atoms with Crippen molar-refractivity contribution < 1.29 is 8.78 Å². The summed E-state index contributed by atoms with van der Waals surface area (Å²) in [4.78, 5) is 0. The van der Waals surface area contributed by atoms with Crippen LogP contribution >= 0.6 is 0 Å². The molecule has 34 heavy (non-hydrogen) atoms. The number of allylic oxidation sites excluding steroid dienone is 2. The minimum absolute atomic E-state index is 0.0877. The van der Waals surface area contributed by atoms with Gasteiger partial charge in [0.05, 0.1) is 0 Å². The van der Waals surface area contributed by atoms with Crippen molar-refractivity contribution in [1.29, 1.82) is 0 Å². The quantitative estimate of drug-likeness (QED) is 0.341. The molecular formula is C32H42F2. The standard InChI is InChI=1S/C32H42F2/c1-3-4-6-9-24-12-14-26(15-13-24)27-16-18-28(19-17-27)29-21-31(33)30(32(34)22-29)20-23(2)25-10-7-5-8-11-25/h3-5,7-8,10-11,21-24,26-28H,6,9,12-20H2,1-2H3/b4-3+. The second kappa shape index (κ2) is 12.1. The van der Waals surface area contributed by atoms with E-state index in [2.05, 4.69) is 19.1 Å². The Bertz CT molecular complexity index is 892. The summed E-state index contributed by atoms with van der Waals surface area (Å²) in [5, 5.41) is 0. The summed E-state index contributed by atoms with van der Waals surface area (Å²) < 4.78 is 30.0. The first-order valence-corrected chi connectivity index (χ1v) is 13.7. The smallest absolute Gasteiger partial charge is 0.129 e. The molecule has 2 aliphatic rings. The zero-order valence-electron chi connectivity index (χ0n) is 21.1. The summed E-state index contributed by atoms with van der Waals surface area (Å²) in [7, 11) is 0. The summed E-state index contributed by atoms with van der Waals surface area (Å²) in [6.07, 6.45) is 17.6. The number of benzene rings is 2. The van der Waals surface area contributed by atoms with E-state index in [0.717, 1.165) is 41.7 Å². The third-order valence-electron chi connectivity index (χ3n) is 8.82. The molecule has 2 aromatic rings. The van der Waals surface area contributed by atoms with Gasteiger partial charge >= 0.3 is 0 Å². The fourth-order valence-electron chi connectivity index (χ4n) is 6.63. The van der Waals surface area contributed by atoms with Crippen LogP contribution in [-0.4, -0.2) is 0 Å². The summed E-state index contributed by atoms with van der Waals surface area (Å²) in [5.41, 5.74) is 2.23. The molecule has 0 nitrogen and oxygen atoms in total. The van der Waals surface area contributed by atoms with E-state index in [1.807, 2.05) is 37.3 Å². The van der Waals surface area contributed by atoms with Crippen LogP contribution in [0.3, 0.4) is 0 Å². The fourth-order valence-corrected chi connectivity index (χ4v) is 6.63. The molecule has 0 N–H and O–H groups in total. The normalized spacial score (nSPS) is 26.6. The van der Waals surface area contributed by atoms with E-state index in [1.54, 1.807) is 12.1 Å². The molecule has 0 aliphatic heterocycles. The molecule has 0 saturated heterocycles. The summed E-state index contributed by atoms with van der Waals surface area (Å²) in [6, 6.07) is 13.3. The van der Waals surface area contributed by atoms with Gasteiger partial charge in [0.25, 0.3) is 0 Å². The Morgan fingerprint density at radius 3 is 2.03 bits per heavy atom. The first kappa shape index (κ1) is 25.1. The highest BCUT2D eigenvalue weighted by Crippen LogP contribution is 2.45. The van der Waals surface area contributed by atoms with Crippen LogP contribution in [0.15, 0.2) is 54.6 Å². The number of hydrogen-bond donors (Lipinski definition) is 0. The second-order valence-electron chi connectivity index (χ2n) is 11.0. The van der Waals surface area contributed by atoms with Crippen molar-refractivity contribution in [1.82, 2.24) is 0 Å². The second-order valence-corrected chi connectivity index (χ2v) is 11.0. The van der Waals surface area contributed by atoms with E-state index in [-0.39, 0.29) is 23.1 Å². The van der Waals surface area contributed by atoms with Crippen molar-refractivity contribution in [2.45, 2.75) is 96.3 Å². The molecule has 2 saturated carbocycles. The highest BCUT2D eigenvalue weighted by Gasteiger charge is 2.31. The molecule has 0 bridgehead atoms. The molecule has 0 aromatic heterocycles. The average molecular weight is 465 g/mol. The zero-order valence-corrected chi connectivity index (χ0v) is 21.1. The summed E-state index contributed by atoms with van der Waals surface area (Å²) >= 11 is 0. The summed E-state index contributed by atoms with van der Waals surface area (Å²) in [5.74, 6) is 2.26.